The van der Waals surface area contributed by atoms with Crippen LogP contribution in [0.5, 0.6) is 0 Å². The highest BCUT2D eigenvalue weighted by Gasteiger charge is 2.49. The Hall–Kier alpha value is -3.68. The molecule has 1 saturated heterocycles. The number of aryl methyl sites for hydroxylation is 1. The Morgan fingerprint density at radius 3 is 2.28 bits per heavy atom. The Balaban J connectivity index is 1.69. The van der Waals surface area contributed by atoms with E-state index in [2.05, 4.69) is 15.4 Å². The second-order valence-corrected chi connectivity index (χ2v) is 6.93. The summed E-state index contributed by atoms with van der Waals surface area (Å²) < 4.78 is 4.62. The van der Waals surface area contributed by atoms with Gasteiger partial charge in [-0.25, -0.2) is 9.59 Å². The molecular weight excluding hydrogens is 374 g/mol. The molecule has 8 heteroatoms. The van der Waals surface area contributed by atoms with Crippen molar-refractivity contribution in [2.45, 2.75) is 19.4 Å². The van der Waals surface area contributed by atoms with Crippen LogP contribution in [0.4, 0.5) is 10.5 Å². The fraction of sp³-hybridized carbons (Fsp3) is 0.238. The van der Waals surface area contributed by atoms with E-state index in [0.717, 1.165) is 10.5 Å². The van der Waals surface area contributed by atoms with E-state index in [1.54, 1.807) is 19.1 Å². The largest absolute Gasteiger partial charge is 0.465 e. The molecule has 0 spiro atoms. The van der Waals surface area contributed by atoms with Gasteiger partial charge in [0.05, 0.1) is 12.7 Å². The molecule has 4 amide bonds. The number of ether oxygens (including phenoxy) is 1. The summed E-state index contributed by atoms with van der Waals surface area (Å²) in [6.45, 7) is 3.11. The molecule has 2 aromatic rings. The second-order valence-electron chi connectivity index (χ2n) is 6.93. The standard InChI is InChI=1S/C21H21N3O5/c1-13-4-8-15(9-5-13)21(2)19(27)24(20(28)23-21)12-17(25)22-16-10-6-14(7-11-16)18(26)29-3/h4-11H,12H2,1-3H3,(H,22,25)(H,23,28)/t21-/m1/s1. The number of rotatable bonds is 5. The summed E-state index contributed by atoms with van der Waals surface area (Å²) in [4.78, 5) is 49.9. The van der Waals surface area contributed by atoms with Gasteiger partial charge in [-0.05, 0) is 43.7 Å². The summed E-state index contributed by atoms with van der Waals surface area (Å²) >= 11 is 0. The molecule has 0 aromatic heterocycles. The third-order valence-electron chi connectivity index (χ3n) is 4.80. The summed E-state index contributed by atoms with van der Waals surface area (Å²) in [6.07, 6.45) is 0. The van der Waals surface area contributed by atoms with Crippen LogP contribution in [0, 0.1) is 6.92 Å². The van der Waals surface area contributed by atoms with Crippen molar-refractivity contribution in [3.05, 3.63) is 65.2 Å². The van der Waals surface area contributed by atoms with Crippen molar-refractivity contribution in [1.82, 2.24) is 10.2 Å². The summed E-state index contributed by atoms with van der Waals surface area (Å²) in [7, 11) is 1.28. The Bertz CT molecular complexity index is 969. The van der Waals surface area contributed by atoms with E-state index in [1.165, 1.54) is 31.4 Å². The van der Waals surface area contributed by atoms with Crippen LogP contribution in [-0.4, -0.2) is 42.4 Å². The highest BCUT2D eigenvalue weighted by molar-refractivity contribution is 6.10. The van der Waals surface area contributed by atoms with Gasteiger partial charge in [0.15, 0.2) is 0 Å². The van der Waals surface area contributed by atoms with Crippen LogP contribution < -0.4 is 10.6 Å². The summed E-state index contributed by atoms with van der Waals surface area (Å²) in [6, 6.07) is 12.7. The number of benzene rings is 2. The number of methoxy groups -OCH3 is 1. The van der Waals surface area contributed by atoms with Crippen LogP contribution in [-0.2, 0) is 19.9 Å². The molecular formula is C21H21N3O5. The molecule has 1 fully saturated rings. The lowest BCUT2D eigenvalue weighted by Gasteiger charge is -2.22. The summed E-state index contributed by atoms with van der Waals surface area (Å²) in [5.41, 5.74) is 1.21. The Kier molecular flexibility index (Phi) is 5.36. The number of urea groups is 1. The van der Waals surface area contributed by atoms with Gasteiger partial charge in [0.2, 0.25) is 5.91 Å². The van der Waals surface area contributed by atoms with Gasteiger partial charge in [-0.1, -0.05) is 29.8 Å². The van der Waals surface area contributed by atoms with Gasteiger partial charge in [-0.2, -0.15) is 0 Å². The quantitative estimate of drug-likeness (QED) is 0.596. The maximum atomic E-state index is 12.9. The monoisotopic (exact) mass is 395 g/mol. The van der Waals surface area contributed by atoms with Crippen molar-refractivity contribution in [2.24, 2.45) is 0 Å². The van der Waals surface area contributed by atoms with Crippen LogP contribution in [0.2, 0.25) is 0 Å². The van der Waals surface area contributed by atoms with E-state index < -0.39 is 35.9 Å². The van der Waals surface area contributed by atoms with E-state index in [9.17, 15) is 19.2 Å². The Morgan fingerprint density at radius 1 is 1.07 bits per heavy atom. The van der Waals surface area contributed by atoms with Crippen molar-refractivity contribution in [2.75, 3.05) is 19.0 Å². The van der Waals surface area contributed by atoms with Crippen LogP contribution in [0.25, 0.3) is 0 Å². The molecule has 2 N–H and O–H groups in total. The fourth-order valence-corrected chi connectivity index (χ4v) is 3.07. The van der Waals surface area contributed by atoms with Crippen molar-refractivity contribution in [3.63, 3.8) is 0 Å². The minimum atomic E-state index is -1.23. The van der Waals surface area contributed by atoms with E-state index in [4.69, 9.17) is 0 Å². The van der Waals surface area contributed by atoms with Gasteiger partial charge in [-0.15, -0.1) is 0 Å². The first-order chi connectivity index (χ1) is 13.7. The van der Waals surface area contributed by atoms with Crippen LogP contribution in [0.15, 0.2) is 48.5 Å². The van der Waals surface area contributed by atoms with Crippen molar-refractivity contribution in [1.29, 1.82) is 0 Å². The molecule has 1 heterocycles. The highest BCUT2D eigenvalue weighted by atomic mass is 16.5. The molecule has 0 radical (unpaired) electrons. The molecule has 0 unspecified atom stereocenters. The first-order valence-electron chi connectivity index (χ1n) is 8.94. The van der Waals surface area contributed by atoms with Gasteiger partial charge in [-0.3, -0.25) is 14.5 Å². The maximum absolute atomic E-state index is 12.9. The Labute approximate surface area is 167 Å². The highest BCUT2D eigenvalue weighted by Crippen LogP contribution is 2.29. The average molecular weight is 395 g/mol. The van der Waals surface area contributed by atoms with Gasteiger partial charge < -0.3 is 15.4 Å². The zero-order valence-corrected chi connectivity index (χ0v) is 16.3. The first kappa shape index (κ1) is 20.1. The van der Waals surface area contributed by atoms with Gasteiger partial charge in [0.25, 0.3) is 5.91 Å². The zero-order chi connectivity index (χ0) is 21.2. The zero-order valence-electron chi connectivity index (χ0n) is 16.3. The topological polar surface area (TPSA) is 105 Å². The predicted octanol–water partition coefficient (Wildman–Crippen LogP) is 2.19. The van der Waals surface area contributed by atoms with Crippen molar-refractivity contribution < 1.29 is 23.9 Å². The molecule has 2 aromatic carbocycles. The van der Waals surface area contributed by atoms with E-state index in [-0.39, 0.29) is 0 Å². The molecule has 0 bridgehead atoms. The molecule has 150 valence electrons. The average Bonchev–Trinajstić information content (AvgIpc) is 2.92. The lowest BCUT2D eigenvalue weighted by atomic mass is 9.91. The van der Waals surface area contributed by atoms with Gasteiger partial charge in [0.1, 0.15) is 12.1 Å². The number of hydrogen-bond donors (Lipinski definition) is 2. The van der Waals surface area contributed by atoms with Crippen molar-refractivity contribution >= 4 is 29.5 Å². The smallest absolute Gasteiger partial charge is 0.337 e. The predicted molar refractivity (Wildman–Crippen MR) is 105 cm³/mol. The summed E-state index contributed by atoms with van der Waals surface area (Å²) in [5.74, 6) is -1.52. The third-order valence-corrected chi connectivity index (χ3v) is 4.80. The third kappa shape index (κ3) is 3.96. The molecule has 8 nitrogen and oxygen atoms in total. The minimum absolute atomic E-state index is 0.341. The van der Waals surface area contributed by atoms with Crippen molar-refractivity contribution in [3.8, 4) is 0 Å². The SMILES string of the molecule is COC(=O)c1ccc(NC(=O)CN2C(=O)N[C@](C)(c3ccc(C)cc3)C2=O)cc1. The first-order valence-corrected chi connectivity index (χ1v) is 8.94. The molecule has 0 aliphatic carbocycles. The molecule has 1 aliphatic heterocycles. The van der Waals surface area contributed by atoms with E-state index in [0.29, 0.717) is 16.8 Å². The minimum Gasteiger partial charge on any atom is -0.465 e. The molecule has 29 heavy (non-hydrogen) atoms. The normalized spacial score (nSPS) is 18.4. The number of carbonyl (C=O) groups is 4. The lowest BCUT2D eigenvalue weighted by Crippen LogP contribution is -2.42. The number of nitrogens with zero attached hydrogens (tertiary/aromatic N) is 1. The van der Waals surface area contributed by atoms with E-state index >= 15 is 0 Å². The molecule has 1 aliphatic rings. The van der Waals surface area contributed by atoms with Gasteiger partial charge in [0, 0.05) is 5.69 Å². The number of amides is 4. The van der Waals surface area contributed by atoms with Crippen LogP contribution in [0.1, 0.15) is 28.4 Å². The number of carbonyl (C=O) groups excluding carboxylic acids is 4. The number of nitrogens with one attached hydrogen (secondary N) is 2. The number of imide groups is 1. The second kappa shape index (κ2) is 7.75. The molecule has 1 atom stereocenters. The van der Waals surface area contributed by atoms with Crippen LogP contribution in [0.3, 0.4) is 0 Å². The molecule has 0 saturated carbocycles. The molecule has 3 rings (SSSR count). The number of hydrogen-bond acceptors (Lipinski definition) is 5. The maximum Gasteiger partial charge on any atom is 0.337 e. The van der Waals surface area contributed by atoms with Crippen LogP contribution >= 0.6 is 0 Å². The Morgan fingerprint density at radius 2 is 1.69 bits per heavy atom. The summed E-state index contributed by atoms with van der Waals surface area (Å²) in [5, 5.41) is 5.27. The lowest BCUT2D eigenvalue weighted by molar-refractivity contribution is -0.133. The van der Waals surface area contributed by atoms with E-state index in [1.807, 2.05) is 19.1 Å². The number of esters is 1. The van der Waals surface area contributed by atoms with Gasteiger partial charge >= 0.3 is 12.0 Å². The fourth-order valence-electron chi connectivity index (χ4n) is 3.07. The number of anilines is 1.